The molecule has 0 radical (unpaired) electrons. The van der Waals surface area contributed by atoms with Crippen LogP contribution in [-0.2, 0) is 21.2 Å². The fourth-order valence-corrected chi connectivity index (χ4v) is 5.86. The van der Waals surface area contributed by atoms with Crippen molar-refractivity contribution < 1.29 is 22.3 Å². The Kier molecular flexibility index (Phi) is 10.5. The molecular formula is C33H38FN5O4S. The van der Waals surface area contributed by atoms with Gasteiger partial charge in [0.25, 0.3) is 15.9 Å². The molecule has 11 heteroatoms. The largest absolute Gasteiger partial charge is 0.493 e. The number of hydrogen-bond donors (Lipinski definition) is 2. The van der Waals surface area contributed by atoms with Crippen molar-refractivity contribution in [2.75, 3.05) is 18.9 Å². The molecule has 0 spiro atoms. The third kappa shape index (κ3) is 8.31. The van der Waals surface area contributed by atoms with Crippen LogP contribution in [0.2, 0.25) is 0 Å². The molecule has 1 atom stereocenters. The summed E-state index contributed by atoms with van der Waals surface area (Å²) >= 11 is 0. The van der Waals surface area contributed by atoms with Gasteiger partial charge in [-0.15, -0.1) is 0 Å². The van der Waals surface area contributed by atoms with Gasteiger partial charge in [0, 0.05) is 24.2 Å². The van der Waals surface area contributed by atoms with Gasteiger partial charge in [0.05, 0.1) is 17.9 Å². The van der Waals surface area contributed by atoms with Crippen molar-refractivity contribution in [2.45, 2.75) is 51.1 Å². The molecule has 2 aromatic carbocycles. The molecule has 2 heterocycles. The van der Waals surface area contributed by atoms with Crippen molar-refractivity contribution >= 4 is 33.3 Å². The third-order valence-electron chi connectivity index (χ3n) is 7.01. The second kappa shape index (κ2) is 14.3. The lowest BCUT2D eigenvalue weighted by molar-refractivity contribution is -0.115. The Balaban J connectivity index is 1.72. The van der Waals surface area contributed by atoms with Crippen LogP contribution < -0.4 is 15.2 Å². The maximum absolute atomic E-state index is 14.7. The SMILES string of the molecule is C=C(C(=O)NS(=O)(=O)c1cccc(N)n1)/C(=N\C(=C/C)c1cc(F)cc(OCC(C)C)c1)N1CCCC1Cc1ccccc1. The summed E-state index contributed by atoms with van der Waals surface area (Å²) < 4.78 is 48.6. The van der Waals surface area contributed by atoms with Crippen LogP contribution in [0.1, 0.15) is 44.7 Å². The number of carbonyl (C=O) groups is 1. The number of benzene rings is 2. The monoisotopic (exact) mass is 619 g/mol. The fraction of sp³-hybridized carbons (Fsp3) is 0.303. The highest BCUT2D eigenvalue weighted by Crippen LogP contribution is 2.28. The number of rotatable bonds is 11. The van der Waals surface area contributed by atoms with E-state index in [1.807, 2.05) is 49.1 Å². The summed E-state index contributed by atoms with van der Waals surface area (Å²) in [4.78, 5) is 24.1. The van der Waals surface area contributed by atoms with Crippen LogP contribution in [0.15, 0.2) is 95.0 Å². The standard InChI is InChI=1S/C33H38FN5O4S/c1-5-29(25-18-26(34)20-28(19-25)43-21-22(2)3)36-32(39-16-10-13-27(39)17-24-11-7-6-8-12-24)23(4)33(40)38-44(41,42)31-15-9-14-30(35)37-31/h5-9,11-12,14-15,18-20,22,27H,4,10,13,16-17,21H2,1-3H3,(H2,35,37)(H,38,40)/b29-5-,36-32+. The van der Waals surface area contributed by atoms with E-state index in [-0.39, 0.29) is 29.2 Å². The van der Waals surface area contributed by atoms with Gasteiger partial charge in [-0.2, -0.15) is 8.42 Å². The number of nitrogens with one attached hydrogen (secondary N) is 1. The number of ether oxygens (including phenoxy) is 1. The van der Waals surface area contributed by atoms with Gasteiger partial charge in [-0.25, -0.2) is 19.1 Å². The molecule has 3 N–H and O–H groups in total. The number of halogens is 1. The van der Waals surface area contributed by atoms with E-state index >= 15 is 0 Å². The molecule has 3 aromatic rings. The summed E-state index contributed by atoms with van der Waals surface area (Å²) in [6.07, 6.45) is 4.03. The molecular weight excluding hydrogens is 581 g/mol. The highest BCUT2D eigenvalue weighted by atomic mass is 32.2. The number of nitrogens with zero attached hydrogens (tertiary/aromatic N) is 3. The van der Waals surface area contributed by atoms with Crippen LogP contribution in [0, 0.1) is 11.7 Å². The Labute approximate surface area is 258 Å². The molecule has 1 unspecified atom stereocenters. The lowest BCUT2D eigenvalue weighted by Crippen LogP contribution is -2.42. The van der Waals surface area contributed by atoms with Crippen LogP contribution in [0.5, 0.6) is 5.75 Å². The predicted octanol–water partition coefficient (Wildman–Crippen LogP) is 5.37. The van der Waals surface area contributed by atoms with Crippen LogP contribution in [0.3, 0.4) is 0 Å². The van der Waals surface area contributed by atoms with Gasteiger partial charge in [0.15, 0.2) is 5.03 Å². The number of amides is 1. The molecule has 1 saturated heterocycles. The molecule has 0 saturated carbocycles. The number of carbonyl (C=O) groups excluding carboxylic acids is 1. The quantitative estimate of drug-likeness (QED) is 0.168. The number of nitrogen functional groups attached to an aromatic ring is 1. The number of likely N-dealkylation sites (tertiary alicyclic amines) is 1. The summed E-state index contributed by atoms with van der Waals surface area (Å²) in [6.45, 7) is 10.7. The van der Waals surface area contributed by atoms with Crippen LogP contribution in [0.4, 0.5) is 10.2 Å². The van der Waals surface area contributed by atoms with Crippen LogP contribution >= 0.6 is 0 Å². The van der Waals surface area contributed by atoms with Crippen LogP contribution in [-0.4, -0.2) is 49.2 Å². The Morgan fingerprint density at radius 1 is 1.20 bits per heavy atom. The van der Waals surface area contributed by atoms with Gasteiger partial charge in [-0.05, 0) is 61.9 Å². The molecule has 1 fully saturated rings. The van der Waals surface area contributed by atoms with Gasteiger partial charge in [0.1, 0.15) is 23.2 Å². The van der Waals surface area contributed by atoms with E-state index in [4.69, 9.17) is 15.5 Å². The van der Waals surface area contributed by atoms with Crippen LogP contribution in [0.25, 0.3) is 5.70 Å². The minimum Gasteiger partial charge on any atom is -0.493 e. The number of hydrogen-bond acceptors (Lipinski definition) is 7. The van der Waals surface area contributed by atoms with Crippen molar-refractivity contribution in [3.05, 3.63) is 102 Å². The van der Waals surface area contributed by atoms with Crippen molar-refractivity contribution in [1.29, 1.82) is 0 Å². The lowest BCUT2D eigenvalue weighted by Gasteiger charge is -2.29. The number of aliphatic imine (C=N–C) groups is 1. The van der Waals surface area contributed by atoms with E-state index in [1.165, 1.54) is 30.3 Å². The molecule has 9 nitrogen and oxygen atoms in total. The number of nitrogens with two attached hydrogens (primary N) is 1. The van der Waals surface area contributed by atoms with Crippen molar-refractivity contribution in [3.63, 3.8) is 0 Å². The van der Waals surface area contributed by atoms with Gasteiger partial charge in [0.2, 0.25) is 0 Å². The molecule has 1 amide bonds. The smallest absolute Gasteiger partial charge is 0.281 e. The zero-order valence-electron chi connectivity index (χ0n) is 25.2. The second-order valence-corrected chi connectivity index (χ2v) is 12.6. The summed E-state index contributed by atoms with van der Waals surface area (Å²) in [7, 11) is -4.36. The molecule has 1 aliphatic rings. The van der Waals surface area contributed by atoms with E-state index in [0.717, 1.165) is 18.4 Å². The number of allylic oxidation sites excluding steroid dienone is 1. The Morgan fingerprint density at radius 2 is 1.95 bits per heavy atom. The first-order valence-corrected chi connectivity index (χ1v) is 15.9. The molecule has 232 valence electrons. The average molecular weight is 620 g/mol. The molecule has 1 aliphatic heterocycles. The van der Waals surface area contributed by atoms with E-state index in [2.05, 4.69) is 16.3 Å². The van der Waals surface area contributed by atoms with E-state index in [9.17, 15) is 17.6 Å². The van der Waals surface area contributed by atoms with E-state index in [0.29, 0.717) is 36.6 Å². The topological polar surface area (TPSA) is 127 Å². The Bertz CT molecular complexity index is 1670. The average Bonchev–Trinajstić information content (AvgIpc) is 3.44. The van der Waals surface area contributed by atoms with Crippen molar-refractivity contribution in [3.8, 4) is 5.75 Å². The number of pyridine rings is 1. The summed E-state index contributed by atoms with van der Waals surface area (Å²) in [5.74, 6) is -0.688. The number of sulfonamides is 1. The minimum absolute atomic E-state index is 0.00761. The van der Waals surface area contributed by atoms with Gasteiger partial charge < -0.3 is 15.4 Å². The van der Waals surface area contributed by atoms with Crippen molar-refractivity contribution in [2.24, 2.45) is 10.9 Å². The summed E-state index contributed by atoms with van der Waals surface area (Å²) in [6, 6.07) is 18.3. The zero-order chi connectivity index (χ0) is 31.9. The first-order valence-electron chi connectivity index (χ1n) is 14.4. The maximum Gasteiger partial charge on any atom is 0.281 e. The normalized spacial score (nSPS) is 15.8. The van der Waals surface area contributed by atoms with Gasteiger partial charge in [-0.1, -0.05) is 62.9 Å². The summed E-state index contributed by atoms with van der Waals surface area (Å²) in [5.41, 5.74) is 7.41. The minimum atomic E-state index is -4.36. The van der Waals surface area contributed by atoms with Gasteiger partial charge >= 0.3 is 0 Å². The Morgan fingerprint density at radius 3 is 2.64 bits per heavy atom. The second-order valence-electron chi connectivity index (χ2n) is 11.0. The highest BCUT2D eigenvalue weighted by Gasteiger charge is 2.32. The van der Waals surface area contributed by atoms with E-state index < -0.39 is 26.8 Å². The summed E-state index contributed by atoms with van der Waals surface area (Å²) in [5, 5.41) is -0.400. The number of amidine groups is 1. The Hall–Kier alpha value is -4.51. The fourth-order valence-electron chi connectivity index (χ4n) is 4.90. The first kappa shape index (κ1) is 32.4. The van der Waals surface area contributed by atoms with Crippen molar-refractivity contribution in [1.82, 2.24) is 14.6 Å². The third-order valence-corrected chi connectivity index (χ3v) is 8.24. The predicted molar refractivity (Wildman–Crippen MR) is 171 cm³/mol. The maximum atomic E-state index is 14.7. The van der Waals surface area contributed by atoms with E-state index in [1.54, 1.807) is 19.1 Å². The van der Waals surface area contributed by atoms with Gasteiger partial charge in [-0.3, -0.25) is 4.79 Å². The molecule has 0 bridgehead atoms. The molecule has 4 rings (SSSR count). The number of anilines is 1. The zero-order valence-corrected chi connectivity index (χ0v) is 26.0. The molecule has 0 aliphatic carbocycles. The molecule has 1 aromatic heterocycles. The lowest BCUT2D eigenvalue weighted by atomic mass is 10.0. The first-order chi connectivity index (χ1) is 21.0. The highest BCUT2D eigenvalue weighted by molar-refractivity contribution is 7.90. The molecule has 44 heavy (non-hydrogen) atoms. The number of aromatic nitrogens is 1.